The molecule has 4 nitrogen and oxygen atoms in total. The number of benzene rings is 1. The second-order valence-corrected chi connectivity index (χ2v) is 5.15. The molecular weight excluding hydrogens is 284 g/mol. The highest BCUT2D eigenvalue weighted by Gasteiger charge is 2.11. The summed E-state index contributed by atoms with van der Waals surface area (Å²) in [5, 5.41) is 11.2. The second-order valence-electron chi connectivity index (χ2n) is 3.85. The van der Waals surface area contributed by atoms with E-state index in [-0.39, 0.29) is 5.56 Å². The van der Waals surface area contributed by atoms with E-state index in [1.807, 2.05) is 17.5 Å². The fourth-order valence-electron chi connectivity index (χ4n) is 1.74. The summed E-state index contributed by atoms with van der Waals surface area (Å²) in [6, 6.07) is 8.39. The second kappa shape index (κ2) is 4.60. The van der Waals surface area contributed by atoms with Crippen molar-refractivity contribution < 1.29 is 9.90 Å². The first-order valence-corrected chi connectivity index (χ1v) is 6.65. The van der Waals surface area contributed by atoms with E-state index in [4.69, 9.17) is 16.7 Å². The first-order chi connectivity index (χ1) is 9.15. The molecule has 0 spiro atoms. The SMILES string of the molecule is O=C(O)c1ccc2nc(Cl)c(-c3cccs3)nc2c1. The molecule has 0 radical (unpaired) electrons. The number of fused-ring (bicyclic) bond motifs is 1. The van der Waals surface area contributed by atoms with Crippen LogP contribution in [0.3, 0.4) is 0 Å². The lowest BCUT2D eigenvalue weighted by Crippen LogP contribution is -1.97. The van der Waals surface area contributed by atoms with Gasteiger partial charge in [-0.05, 0) is 29.6 Å². The van der Waals surface area contributed by atoms with Crippen LogP contribution in [0.4, 0.5) is 0 Å². The third-order valence-electron chi connectivity index (χ3n) is 2.62. The zero-order valence-electron chi connectivity index (χ0n) is 9.50. The van der Waals surface area contributed by atoms with Crippen LogP contribution in [0.1, 0.15) is 10.4 Å². The smallest absolute Gasteiger partial charge is 0.335 e. The molecule has 0 bridgehead atoms. The largest absolute Gasteiger partial charge is 0.478 e. The summed E-state index contributed by atoms with van der Waals surface area (Å²) in [4.78, 5) is 20.5. The van der Waals surface area contributed by atoms with Gasteiger partial charge in [0.25, 0.3) is 0 Å². The van der Waals surface area contributed by atoms with Gasteiger partial charge in [-0.25, -0.2) is 14.8 Å². The fourth-order valence-corrected chi connectivity index (χ4v) is 2.74. The molecule has 2 heterocycles. The molecule has 0 atom stereocenters. The van der Waals surface area contributed by atoms with E-state index in [1.54, 1.807) is 6.07 Å². The van der Waals surface area contributed by atoms with Crippen LogP contribution in [0.5, 0.6) is 0 Å². The summed E-state index contributed by atoms with van der Waals surface area (Å²) in [7, 11) is 0. The lowest BCUT2D eigenvalue weighted by Gasteiger charge is -2.04. The van der Waals surface area contributed by atoms with Crippen LogP contribution in [0.15, 0.2) is 35.7 Å². The summed E-state index contributed by atoms with van der Waals surface area (Å²) in [5.41, 5.74) is 1.86. The van der Waals surface area contributed by atoms with Gasteiger partial charge in [-0.3, -0.25) is 0 Å². The minimum Gasteiger partial charge on any atom is -0.478 e. The van der Waals surface area contributed by atoms with Crippen molar-refractivity contribution in [3.63, 3.8) is 0 Å². The molecule has 1 N–H and O–H groups in total. The number of rotatable bonds is 2. The lowest BCUT2D eigenvalue weighted by molar-refractivity contribution is 0.0697. The average molecular weight is 291 g/mol. The van der Waals surface area contributed by atoms with Crippen LogP contribution in [0, 0.1) is 0 Å². The molecule has 2 aromatic heterocycles. The van der Waals surface area contributed by atoms with Crippen molar-refractivity contribution in [3.8, 4) is 10.6 Å². The molecule has 0 fully saturated rings. The summed E-state index contributed by atoms with van der Waals surface area (Å²) < 4.78 is 0. The standard InChI is InChI=1S/C13H7ClN2O2S/c14-12-11(10-2-1-5-19-10)15-9-6-7(13(17)18)3-4-8(9)16-12/h1-6H,(H,17,18). The number of nitrogens with zero attached hydrogens (tertiary/aromatic N) is 2. The molecule has 1 aromatic carbocycles. The Morgan fingerprint density at radius 3 is 2.74 bits per heavy atom. The topological polar surface area (TPSA) is 63.1 Å². The van der Waals surface area contributed by atoms with Gasteiger partial charge in [0.05, 0.1) is 21.5 Å². The fraction of sp³-hybridized carbons (Fsp3) is 0. The van der Waals surface area contributed by atoms with E-state index >= 15 is 0 Å². The lowest BCUT2D eigenvalue weighted by atomic mass is 10.2. The van der Waals surface area contributed by atoms with Crippen LogP contribution in [-0.2, 0) is 0 Å². The Balaban J connectivity index is 2.25. The molecule has 0 aliphatic rings. The maximum atomic E-state index is 11.0. The quantitative estimate of drug-likeness (QED) is 0.781. The summed E-state index contributed by atoms with van der Waals surface area (Å²) in [6.45, 7) is 0. The summed E-state index contributed by atoms with van der Waals surface area (Å²) in [5.74, 6) is -0.990. The van der Waals surface area contributed by atoms with Crippen molar-refractivity contribution in [2.45, 2.75) is 0 Å². The highest BCUT2D eigenvalue weighted by atomic mass is 35.5. The zero-order valence-corrected chi connectivity index (χ0v) is 11.1. The Bertz CT molecular complexity index is 772. The van der Waals surface area contributed by atoms with E-state index < -0.39 is 5.97 Å². The minimum atomic E-state index is -0.990. The van der Waals surface area contributed by atoms with Gasteiger partial charge in [0.2, 0.25) is 0 Å². The number of aromatic carboxylic acids is 1. The molecule has 6 heteroatoms. The molecule has 0 saturated carbocycles. The highest BCUT2D eigenvalue weighted by molar-refractivity contribution is 7.13. The molecule has 0 saturated heterocycles. The van der Waals surface area contributed by atoms with Crippen LogP contribution in [0.2, 0.25) is 5.15 Å². The molecule has 0 amide bonds. The van der Waals surface area contributed by atoms with E-state index in [1.165, 1.54) is 23.5 Å². The molecule has 3 rings (SSSR count). The van der Waals surface area contributed by atoms with Crippen molar-refractivity contribution in [1.82, 2.24) is 9.97 Å². The molecule has 94 valence electrons. The Hall–Kier alpha value is -1.98. The normalized spacial score (nSPS) is 10.8. The predicted octanol–water partition coefficient (Wildman–Crippen LogP) is 3.71. The van der Waals surface area contributed by atoms with Gasteiger partial charge < -0.3 is 5.11 Å². The first kappa shape index (κ1) is 12.1. The van der Waals surface area contributed by atoms with Crippen LogP contribution >= 0.6 is 22.9 Å². The summed E-state index contributed by atoms with van der Waals surface area (Å²) in [6.07, 6.45) is 0. The van der Waals surface area contributed by atoms with Crippen LogP contribution < -0.4 is 0 Å². The molecule has 0 aliphatic carbocycles. The van der Waals surface area contributed by atoms with Crippen molar-refractivity contribution in [1.29, 1.82) is 0 Å². The van der Waals surface area contributed by atoms with Crippen LogP contribution in [0.25, 0.3) is 21.6 Å². The van der Waals surface area contributed by atoms with Gasteiger partial charge >= 0.3 is 5.97 Å². The number of aromatic nitrogens is 2. The Labute approximate surface area is 117 Å². The number of carboxylic acid groups (broad SMARTS) is 1. The third-order valence-corrected chi connectivity index (χ3v) is 3.76. The molecule has 0 unspecified atom stereocenters. The van der Waals surface area contributed by atoms with Crippen molar-refractivity contribution >= 4 is 39.9 Å². The minimum absolute atomic E-state index is 0.182. The van der Waals surface area contributed by atoms with Gasteiger partial charge in [0, 0.05) is 0 Å². The Morgan fingerprint density at radius 1 is 1.21 bits per heavy atom. The summed E-state index contributed by atoms with van der Waals surface area (Å²) >= 11 is 7.62. The van der Waals surface area contributed by atoms with Gasteiger partial charge in [-0.15, -0.1) is 11.3 Å². The molecule has 3 aromatic rings. The molecule has 0 aliphatic heterocycles. The van der Waals surface area contributed by atoms with Gasteiger partial charge in [0.1, 0.15) is 5.69 Å². The molecular formula is C13H7ClN2O2S. The predicted molar refractivity (Wildman–Crippen MR) is 74.8 cm³/mol. The monoisotopic (exact) mass is 290 g/mol. The number of hydrogen-bond acceptors (Lipinski definition) is 4. The Kier molecular flexibility index (Phi) is 2.93. The number of halogens is 1. The number of thiophene rings is 1. The maximum Gasteiger partial charge on any atom is 0.335 e. The Morgan fingerprint density at radius 2 is 2.05 bits per heavy atom. The number of carboxylic acids is 1. The van der Waals surface area contributed by atoms with Crippen molar-refractivity contribution in [2.24, 2.45) is 0 Å². The number of hydrogen-bond donors (Lipinski definition) is 1. The van der Waals surface area contributed by atoms with Gasteiger partial charge in [-0.1, -0.05) is 17.7 Å². The average Bonchev–Trinajstić information content (AvgIpc) is 2.91. The van der Waals surface area contributed by atoms with E-state index in [0.717, 1.165) is 4.88 Å². The van der Waals surface area contributed by atoms with Crippen molar-refractivity contribution in [2.75, 3.05) is 0 Å². The number of carbonyl (C=O) groups is 1. The zero-order chi connectivity index (χ0) is 13.4. The van der Waals surface area contributed by atoms with Gasteiger partial charge in [0.15, 0.2) is 5.15 Å². The van der Waals surface area contributed by atoms with Crippen LogP contribution in [-0.4, -0.2) is 21.0 Å². The van der Waals surface area contributed by atoms with E-state index in [0.29, 0.717) is 21.9 Å². The third kappa shape index (κ3) is 2.18. The highest BCUT2D eigenvalue weighted by Crippen LogP contribution is 2.30. The maximum absolute atomic E-state index is 11.0. The first-order valence-electron chi connectivity index (χ1n) is 5.39. The van der Waals surface area contributed by atoms with E-state index in [2.05, 4.69) is 9.97 Å². The van der Waals surface area contributed by atoms with Gasteiger partial charge in [-0.2, -0.15) is 0 Å². The van der Waals surface area contributed by atoms with E-state index in [9.17, 15) is 4.79 Å². The van der Waals surface area contributed by atoms with Crippen molar-refractivity contribution in [3.05, 3.63) is 46.4 Å². The molecule has 19 heavy (non-hydrogen) atoms.